The summed E-state index contributed by atoms with van der Waals surface area (Å²) in [6.07, 6.45) is 2.51. The lowest BCUT2D eigenvalue weighted by atomic mass is 10.1. The molecule has 0 aromatic heterocycles. The van der Waals surface area contributed by atoms with Gasteiger partial charge in [-0.15, -0.1) is 12.4 Å². The molecular formula is C10H13Cl2N. The zero-order chi connectivity index (χ0) is 8.39. The van der Waals surface area contributed by atoms with Gasteiger partial charge in [-0.3, -0.25) is 0 Å². The maximum absolute atomic E-state index is 5.90. The molecule has 13 heavy (non-hydrogen) atoms. The molecule has 1 aromatic carbocycles. The Morgan fingerprint density at radius 2 is 2.23 bits per heavy atom. The van der Waals surface area contributed by atoms with Crippen LogP contribution in [0.2, 0.25) is 5.02 Å². The van der Waals surface area contributed by atoms with Crippen molar-refractivity contribution in [1.29, 1.82) is 0 Å². The zero-order valence-corrected chi connectivity index (χ0v) is 8.87. The van der Waals surface area contributed by atoms with Crippen LogP contribution in [0.15, 0.2) is 24.3 Å². The predicted octanol–water partition coefficient (Wildman–Crippen LogP) is 3.19. The Balaban J connectivity index is 0.000000845. The second kappa shape index (κ2) is 4.85. The minimum absolute atomic E-state index is 0. The molecule has 1 aromatic rings. The summed E-state index contributed by atoms with van der Waals surface area (Å²) in [6, 6.07) is 8.64. The first-order valence-electron chi connectivity index (χ1n) is 4.35. The van der Waals surface area contributed by atoms with Crippen LogP contribution in [0.4, 0.5) is 0 Å². The monoisotopic (exact) mass is 217 g/mol. The molecule has 0 saturated carbocycles. The van der Waals surface area contributed by atoms with Gasteiger partial charge >= 0.3 is 0 Å². The van der Waals surface area contributed by atoms with Gasteiger partial charge in [-0.05, 0) is 37.1 Å². The van der Waals surface area contributed by atoms with Crippen molar-refractivity contribution in [2.24, 2.45) is 0 Å². The smallest absolute Gasteiger partial charge is 0.0409 e. The van der Waals surface area contributed by atoms with Crippen molar-refractivity contribution in [3.63, 3.8) is 0 Å². The Morgan fingerprint density at radius 1 is 1.38 bits per heavy atom. The van der Waals surface area contributed by atoms with Crippen molar-refractivity contribution in [3.8, 4) is 0 Å². The van der Waals surface area contributed by atoms with Gasteiger partial charge in [-0.2, -0.15) is 0 Å². The summed E-state index contributed by atoms with van der Waals surface area (Å²) in [7, 11) is 0. The Bertz CT molecular complexity index is 269. The van der Waals surface area contributed by atoms with E-state index < -0.39 is 0 Å². The van der Waals surface area contributed by atoms with E-state index in [4.69, 9.17) is 11.6 Å². The van der Waals surface area contributed by atoms with Crippen LogP contribution in [0, 0.1) is 0 Å². The van der Waals surface area contributed by atoms with Crippen molar-refractivity contribution in [2.75, 3.05) is 6.54 Å². The lowest BCUT2D eigenvalue weighted by molar-refractivity contribution is 0.648. The summed E-state index contributed by atoms with van der Waals surface area (Å²) < 4.78 is 0. The normalized spacial score (nSPS) is 21.2. The van der Waals surface area contributed by atoms with Crippen LogP contribution in [0.25, 0.3) is 0 Å². The molecule has 1 saturated heterocycles. The van der Waals surface area contributed by atoms with E-state index in [2.05, 4.69) is 11.4 Å². The molecule has 72 valence electrons. The average Bonchev–Trinajstić information content (AvgIpc) is 2.56. The Labute approximate surface area is 89.9 Å². The van der Waals surface area contributed by atoms with E-state index in [9.17, 15) is 0 Å². The summed E-state index contributed by atoms with van der Waals surface area (Å²) >= 11 is 5.90. The summed E-state index contributed by atoms with van der Waals surface area (Å²) in [5.74, 6) is 0. The molecule has 1 aliphatic rings. The summed E-state index contributed by atoms with van der Waals surface area (Å²) in [4.78, 5) is 0. The lowest BCUT2D eigenvalue weighted by Gasteiger charge is -2.09. The Morgan fingerprint density at radius 3 is 2.85 bits per heavy atom. The van der Waals surface area contributed by atoms with Crippen molar-refractivity contribution < 1.29 is 0 Å². The minimum atomic E-state index is 0. The second-order valence-corrected chi connectivity index (χ2v) is 3.64. The minimum Gasteiger partial charge on any atom is -0.310 e. The molecule has 1 fully saturated rings. The molecule has 0 spiro atoms. The quantitative estimate of drug-likeness (QED) is 0.763. The van der Waals surface area contributed by atoms with Gasteiger partial charge in [0.2, 0.25) is 0 Å². The molecule has 1 heterocycles. The van der Waals surface area contributed by atoms with Crippen LogP contribution in [0.5, 0.6) is 0 Å². The highest BCUT2D eigenvalue weighted by Gasteiger charge is 2.15. The van der Waals surface area contributed by atoms with Gasteiger partial charge in [0, 0.05) is 11.1 Å². The van der Waals surface area contributed by atoms with Crippen LogP contribution >= 0.6 is 24.0 Å². The maximum atomic E-state index is 5.90. The third kappa shape index (κ3) is 2.60. The standard InChI is InChI=1S/C10H12ClN.ClH/c11-9-4-1-3-8(7-9)10-5-2-6-12-10;/h1,3-4,7,10,12H,2,5-6H2;1H/t10-;/m1./s1. The molecule has 2 rings (SSSR count). The van der Waals surface area contributed by atoms with E-state index in [0.717, 1.165) is 11.6 Å². The highest BCUT2D eigenvalue weighted by atomic mass is 35.5. The van der Waals surface area contributed by atoms with Crippen molar-refractivity contribution in [3.05, 3.63) is 34.9 Å². The van der Waals surface area contributed by atoms with E-state index in [1.807, 2.05) is 18.2 Å². The number of benzene rings is 1. The van der Waals surface area contributed by atoms with Crippen LogP contribution in [0.3, 0.4) is 0 Å². The molecule has 0 unspecified atom stereocenters. The SMILES string of the molecule is Cl.Clc1cccc([C@H]2CCCN2)c1. The molecular weight excluding hydrogens is 205 g/mol. The number of hydrogen-bond donors (Lipinski definition) is 1. The topological polar surface area (TPSA) is 12.0 Å². The number of hydrogen-bond acceptors (Lipinski definition) is 1. The highest BCUT2D eigenvalue weighted by Crippen LogP contribution is 2.24. The fraction of sp³-hybridized carbons (Fsp3) is 0.400. The van der Waals surface area contributed by atoms with Crippen molar-refractivity contribution in [1.82, 2.24) is 5.32 Å². The first-order chi connectivity index (χ1) is 5.86. The molecule has 0 aliphatic carbocycles. The van der Waals surface area contributed by atoms with Crippen molar-refractivity contribution >= 4 is 24.0 Å². The van der Waals surface area contributed by atoms with Gasteiger partial charge in [0.25, 0.3) is 0 Å². The highest BCUT2D eigenvalue weighted by molar-refractivity contribution is 6.30. The average molecular weight is 218 g/mol. The van der Waals surface area contributed by atoms with Crippen LogP contribution < -0.4 is 5.32 Å². The maximum Gasteiger partial charge on any atom is 0.0409 e. The molecule has 1 aliphatic heterocycles. The Kier molecular flexibility index (Phi) is 4.04. The third-order valence-electron chi connectivity index (χ3n) is 2.31. The number of rotatable bonds is 1. The van der Waals surface area contributed by atoms with Gasteiger partial charge in [0.15, 0.2) is 0 Å². The third-order valence-corrected chi connectivity index (χ3v) is 2.55. The molecule has 1 N–H and O–H groups in total. The van der Waals surface area contributed by atoms with Gasteiger partial charge in [0.1, 0.15) is 0 Å². The van der Waals surface area contributed by atoms with E-state index >= 15 is 0 Å². The largest absolute Gasteiger partial charge is 0.310 e. The predicted molar refractivity (Wildman–Crippen MR) is 58.7 cm³/mol. The fourth-order valence-corrected chi connectivity index (χ4v) is 1.89. The number of halogens is 2. The first kappa shape index (κ1) is 10.8. The molecule has 0 amide bonds. The van der Waals surface area contributed by atoms with E-state index in [1.54, 1.807) is 0 Å². The van der Waals surface area contributed by atoms with Gasteiger partial charge in [0.05, 0.1) is 0 Å². The molecule has 1 atom stereocenters. The Hall–Kier alpha value is -0.240. The van der Waals surface area contributed by atoms with Crippen LogP contribution in [-0.4, -0.2) is 6.54 Å². The lowest BCUT2D eigenvalue weighted by Crippen LogP contribution is -2.12. The molecule has 3 heteroatoms. The van der Waals surface area contributed by atoms with Gasteiger partial charge < -0.3 is 5.32 Å². The van der Waals surface area contributed by atoms with Crippen LogP contribution in [0.1, 0.15) is 24.4 Å². The van der Waals surface area contributed by atoms with Crippen LogP contribution in [-0.2, 0) is 0 Å². The van der Waals surface area contributed by atoms with E-state index in [-0.39, 0.29) is 12.4 Å². The molecule has 1 nitrogen and oxygen atoms in total. The van der Waals surface area contributed by atoms with Gasteiger partial charge in [-0.25, -0.2) is 0 Å². The summed E-state index contributed by atoms with van der Waals surface area (Å²) in [6.45, 7) is 1.14. The molecule has 0 radical (unpaired) electrons. The van der Waals surface area contributed by atoms with E-state index in [1.165, 1.54) is 18.4 Å². The molecule has 0 bridgehead atoms. The second-order valence-electron chi connectivity index (χ2n) is 3.20. The van der Waals surface area contributed by atoms with Crippen molar-refractivity contribution in [2.45, 2.75) is 18.9 Å². The zero-order valence-electron chi connectivity index (χ0n) is 7.29. The summed E-state index contributed by atoms with van der Waals surface area (Å²) in [5.41, 5.74) is 1.32. The fourth-order valence-electron chi connectivity index (χ4n) is 1.69. The van der Waals surface area contributed by atoms with Gasteiger partial charge in [-0.1, -0.05) is 23.7 Å². The first-order valence-corrected chi connectivity index (χ1v) is 4.73. The number of nitrogens with one attached hydrogen (secondary N) is 1. The van der Waals surface area contributed by atoms with E-state index in [0.29, 0.717) is 6.04 Å². The summed E-state index contributed by atoms with van der Waals surface area (Å²) in [5, 5.41) is 4.28.